The number of rotatable bonds is 4. The number of aromatic nitrogens is 1. The van der Waals surface area contributed by atoms with E-state index >= 15 is 0 Å². The van der Waals surface area contributed by atoms with Gasteiger partial charge in [0.05, 0.1) is 0 Å². The van der Waals surface area contributed by atoms with Crippen LogP contribution >= 0.6 is 11.3 Å². The van der Waals surface area contributed by atoms with Gasteiger partial charge in [-0.05, 0) is 49.1 Å². The van der Waals surface area contributed by atoms with E-state index in [0.717, 1.165) is 0 Å². The average molecular weight is 282 g/mol. The molecule has 0 aliphatic rings. The number of pyridine rings is 1. The lowest BCUT2D eigenvalue weighted by Gasteiger charge is -2.19. The quantitative estimate of drug-likeness (QED) is 0.749. The summed E-state index contributed by atoms with van der Waals surface area (Å²) in [5.74, 6) is 0. The maximum absolute atomic E-state index is 4.07. The van der Waals surface area contributed by atoms with Gasteiger partial charge in [-0.1, -0.05) is 18.2 Å². The first-order chi connectivity index (χ1) is 9.74. The predicted octanol–water partition coefficient (Wildman–Crippen LogP) is 4.71. The van der Waals surface area contributed by atoms with Crippen LogP contribution in [0.15, 0.2) is 54.9 Å². The minimum Gasteiger partial charge on any atom is -0.303 e. The first-order valence-electron chi connectivity index (χ1n) is 6.88. The maximum Gasteiger partial charge on any atom is 0.0391 e. The van der Waals surface area contributed by atoms with E-state index in [0.29, 0.717) is 12.1 Å². The fourth-order valence-electron chi connectivity index (χ4n) is 2.42. The summed E-state index contributed by atoms with van der Waals surface area (Å²) in [5.41, 5.74) is 1.27. The van der Waals surface area contributed by atoms with E-state index in [1.165, 1.54) is 20.5 Å². The molecule has 0 radical (unpaired) electrons. The molecular formula is C17H18N2S. The van der Waals surface area contributed by atoms with E-state index in [1.54, 1.807) is 0 Å². The zero-order valence-electron chi connectivity index (χ0n) is 11.7. The average Bonchev–Trinajstić information content (AvgIpc) is 2.92. The molecule has 20 heavy (non-hydrogen) atoms. The van der Waals surface area contributed by atoms with Crippen molar-refractivity contribution in [3.8, 4) is 0 Å². The molecule has 0 fully saturated rings. The van der Waals surface area contributed by atoms with Crippen molar-refractivity contribution < 1.29 is 0 Å². The van der Waals surface area contributed by atoms with E-state index < -0.39 is 0 Å². The largest absolute Gasteiger partial charge is 0.303 e. The lowest BCUT2D eigenvalue weighted by atomic mass is 10.1. The molecule has 2 heterocycles. The Morgan fingerprint density at radius 1 is 1.00 bits per heavy atom. The van der Waals surface area contributed by atoms with Crippen molar-refractivity contribution in [2.24, 2.45) is 0 Å². The second-order valence-corrected chi connectivity index (χ2v) is 6.19. The van der Waals surface area contributed by atoms with Crippen LogP contribution in [0.25, 0.3) is 10.1 Å². The second-order valence-electron chi connectivity index (χ2n) is 5.08. The van der Waals surface area contributed by atoms with Crippen molar-refractivity contribution in [3.63, 3.8) is 0 Å². The zero-order chi connectivity index (χ0) is 13.9. The molecule has 0 amide bonds. The summed E-state index contributed by atoms with van der Waals surface area (Å²) >= 11 is 1.87. The molecule has 2 atom stereocenters. The van der Waals surface area contributed by atoms with E-state index in [-0.39, 0.29) is 0 Å². The molecule has 0 spiro atoms. The number of hydrogen-bond acceptors (Lipinski definition) is 3. The Kier molecular flexibility index (Phi) is 3.81. The van der Waals surface area contributed by atoms with Crippen molar-refractivity contribution >= 4 is 21.4 Å². The number of benzene rings is 1. The first kappa shape index (κ1) is 13.3. The topological polar surface area (TPSA) is 24.9 Å². The third kappa shape index (κ3) is 2.74. The Morgan fingerprint density at radius 3 is 2.50 bits per heavy atom. The maximum atomic E-state index is 4.07. The number of fused-ring (bicyclic) bond motifs is 1. The summed E-state index contributed by atoms with van der Waals surface area (Å²) < 4.78 is 1.35. The van der Waals surface area contributed by atoms with Gasteiger partial charge in [0.1, 0.15) is 0 Å². The van der Waals surface area contributed by atoms with Gasteiger partial charge < -0.3 is 5.32 Å². The zero-order valence-corrected chi connectivity index (χ0v) is 12.5. The van der Waals surface area contributed by atoms with Crippen molar-refractivity contribution in [2.45, 2.75) is 25.9 Å². The summed E-state index contributed by atoms with van der Waals surface area (Å²) in [5, 5.41) is 4.99. The van der Waals surface area contributed by atoms with Gasteiger partial charge in [-0.3, -0.25) is 4.98 Å². The van der Waals surface area contributed by atoms with E-state index in [2.05, 4.69) is 66.6 Å². The number of nitrogens with one attached hydrogen (secondary N) is 1. The normalized spacial score (nSPS) is 14.3. The Bertz CT molecular complexity index is 657. The molecule has 0 aliphatic carbocycles. The highest BCUT2D eigenvalue weighted by Crippen LogP contribution is 2.30. The molecule has 1 N–H and O–H groups in total. The molecule has 102 valence electrons. The Labute approximate surface area is 123 Å². The van der Waals surface area contributed by atoms with Crippen LogP contribution in [0, 0.1) is 0 Å². The summed E-state index contributed by atoms with van der Waals surface area (Å²) in [6, 6.07) is 15.6. The Morgan fingerprint density at radius 2 is 1.75 bits per heavy atom. The van der Waals surface area contributed by atoms with E-state index in [9.17, 15) is 0 Å². The van der Waals surface area contributed by atoms with Crippen molar-refractivity contribution in [1.29, 1.82) is 0 Å². The van der Waals surface area contributed by atoms with Gasteiger partial charge >= 0.3 is 0 Å². The second kappa shape index (κ2) is 5.73. The van der Waals surface area contributed by atoms with Gasteiger partial charge in [0.25, 0.3) is 0 Å². The van der Waals surface area contributed by atoms with Crippen molar-refractivity contribution in [1.82, 2.24) is 10.3 Å². The third-order valence-electron chi connectivity index (χ3n) is 3.58. The minimum atomic E-state index is 0.318. The Hall–Kier alpha value is -1.71. The molecule has 0 aliphatic heterocycles. The lowest BCUT2D eigenvalue weighted by molar-refractivity contribution is 0.500. The molecule has 2 nitrogen and oxygen atoms in total. The van der Waals surface area contributed by atoms with Crippen LogP contribution in [-0.4, -0.2) is 4.98 Å². The minimum absolute atomic E-state index is 0.318. The molecule has 3 heteroatoms. The smallest absolute Gasteiger partial charge is 0.0391 e. The van der Waals surface area contributed by atoms with Crippen LogP contribution in [0.4, 0.5) is 0 Å². The molecule has 2 unspecified atom stereocenters. The van der Waals surface area contributed by atoms with Crippen LogP contribution < -0.4 is 5.32 Å². The van der Waals surface area contributed by atoms with E-state index in [1.807, 2.05) is 23.7 Å². The third-order valence-corrected chi connectivity index (χ3v) is 4.88. The summed E-state index contributed by atoms with van der Waals surface area (Å²) in [4.78, 5) is 5.45. The fourth-order valence-corrected chi connectivity index (χ4v) is 3.50. The van der Waals surface area contributed by atoms with Gasteiger partial charge in [0.2, 0.25) is 0 Å². The lowest BCUT2D eigenvalue weighted by Crippen LogP contribution is -2.21. The van der Waals surface area contributed by atoms with Crippen LogP contribution in [0.5, 0.6) is 0 Å². The van der Waals surface area contributed by atoms with Crippen LogP contribution in [0.2, 0.25) is 0 Å². The standard InChI is InChI=1S/C17H18N2S/c1-12(14-7-9-18-10-8-14)19-13(2)17-11-15-5-3-4-6-16(15)20-17/h3-13,19H,1-2H3. The predicted molar refractivity (Wildman–Crippen MR) is 86.0 cm³/mol. The van der Waals surface area contributed by atoms with Gasteiger partial charge in [0, 0.05) is 34.1 Å². The van der Waals surface area contributed by atoms with Crippen molar-refractivity contribution in [3.05, 3.63) is 65.3 Å². The number of thiophene rings is 1. The van der Waals surface area contributed by atoms with Crippen LogP contribution in [-0.2, 0) is 0 Å². The summed E-state index contributed by atoms with van der Waals surface area (Å²) in [6.45, 7) is 4.42. The molecule has 3 rings (SSSR count). The van der Waals surface area contributed by atoms with Gasteiger partial charge in [-0.2, -0.15) is 0 Å². The molecule has 1 aromatic carbocycles. The highest BCUT2D eigenvalue weighted by Gasteiger charge is 2.13. The molecule has 0 saturated carbocycles. The molecule has 2 aromatic heterocycles. The number of nitrogens with zero attached hydrogens (tertiary/aromatic N) is 1. The SMILES string of the molecule is CC(NC(C)c1cc2ccccc2s1)c1ccncc1. The molecular weight excluding hydrogens is 264 g/mol. The van der Waals surface area contributed by atoms with Crippen LogP contribution in [0.3, 0.4) is 0 Å². The molecule has 0 bridgehead atoms. The summed E-state index contributed by atoms with van der Waals surface area (Å²) in [7, 11) is 0. The highest BCUT2D eigenvalue weighted by molar-refractivity contribution is 7.19. The highest BCUT2D eigenvalue weighted by atomic mass is 32.1. The summed E-state index contributed by atoms with van der Waals surface area (Å²) in [6.07, 6.45) is 3.69. The monoisotopic (exact) mass is 282 g/mol. The molecule has 3 aromatic rings. The van der Waals surface area contributed by atoms with E-state index in [4.69, 9.17) is 0 Å². The van der Waals surface area contributed by atoms with Crippen LogP contribution in [0.1, 0.15) is 36.4 Å². The molecule has 0 saturated heterocycles. The van der Waals surface area contributed by atoms with Gasteiger partial charge in [-0.15, -0.1) is 11.3 Å². The van der Waals surface area contributed by atoms with Crippen molar-refractivity contribution in [2.75, 3.05) is 0 Å². The first-order valence-corrected chi connectivity index (χ1v) is 7.70. The Balaban J connectivity index is 1.77. The van der Waals surface area contributed by atoms with Gasteiger partial charge in [-0.25, -0.2) is 0 Å². The van der Waals surface area contributed by atoms with Gasteiger partial charge in [0.15, 0.2) is 0 Å². The number of hydrogen-bond donors (Lipinski definition) is 1. The fraction of sp³-hybridized carbons (Fsp3) is 0.235.